The van der Waals surface area contributed by atoms with Crippen LogP contribution in [-0.2, 0) is 23.8 Å². The van der Waals surface area contributed by atoms with Crippen molar-refractivity contribution in [3.05, 3.63) is 42.1 Å². The van der Waals surface area contributed by atoms with E-state index in [2.05, 4.69) is 10.1 Å². The molecule has 1 aliphatic rings. The number of hydrogen-bond acceptors (Lipinski definition) is 7. The molecule has 0 spiro atoms. The molecule has 1 aromatic rings. The highest BCUT2D eigenvalue weighted by Crippen LogP contribution is 2.37. The van der Waals surface area contributed by atoms with Gasteiger partial charge >= 0.3 is 11.9 Å². The van der Waals surface area contributed by atoms with Gasteiger partial charge in [-0.05, 0) is 19.1 Å². The number of benzene rings is 1. The summed E-state index contributed by atoms with van der Waals surface area (Å²) in [5, 5.41) is 12.3. The molecule has 0 aliphatic carbocycles. The standard InChI is InChI=1S/C16H16N2O5/c1-3-22-16(12(10-17)15(20)21-2)13(9-14(19)23-16)18-11-7-5-4-6-8-11/h4-9,12,18H,3H2,1-2H3/t12-,16-/m1/s1. The van der Waals surface area contributed by atoms with Crippen molar-refractivity contribution in [2.24, 2.45) is 5.92 Å². The van der Waals surface area contributed by atoms with E-state index in [1.54, 1.807) is 37.3 Å². The van der Waals surface area contributed by atoms with Crippen LogP contribution in [-0.4, -0.2) is 31.4 Å². The molecule has 1 aliphatic heterocycles. The monoisotopic (exact) mass is 316 g/mol. The first-order valence-corrected chi connectivity index (χ1v) is 6.96. The summed E-state index contributed by atoms with van der Waals surface area (Å²) in [6.45, 7) is 1.79. The fraction of sp³-hybridized carbons (Fsp3) is 0.312. The molecule has 0 saturated carbocycles. The highest BCUT2D eigenvalue weighted by atomic mass is 16.7. The highest BCUT2D eigenvalue weighted by Gasteiger charge is 2.55. The molecule has 1 aromatic carbocycles. The first kappa shape index (κ1) is 16.5. The van der Waals surface area contributed by atoms with Crippen molar-refractivity contribution >= 4 is 17.6 Å². The topological polar surface area (TPSA) is 97.7 Å². The van der Waals surface area contributed by atoms with Gasteiger partial charge in [0, 0.05) is 18.4 Å². The van der Waals surface area contributed by atoms with Crippen LogP contribution >= 0.6 is 0 Å². The van der Waals surface area contributed by atoms with E-state index >= 15 is 0 Å². The van der Waals surface area contributed by atoms with Crippen molar-refractivity contribution in [2.45, 2.75) is 12.7 Å². The summed E-state index contributed by atoms with van der Waals surface area (Å²) < 4.78 is 15.4. The lowest BCUT2D eigenvalue weighted by molar-refractivity contribution is -0.218. The van der Waals surface area contributed by atoms with Gasteiger partial charge in [-0.25, -0.2) is 4.79 Å². The fourth-order valence-electron chi connectivity index (χ4n) is 2.28. The molecule has 120 valence electrons. The second-order valence-electron chi connectivity index (χ2n) is 4.66. The first-order valence-electron chi connectivity index (χ1n) is 6.96. The normalized spacial score (nSPS) is 20.9. The number of carbonyl (C=O) groups excluding carboxylic acids is 2. The number of rotatable bonds is 6. The van der Waals surface area contributed by atoms with Gasteiger partial charge in [0.15, 0.2) is 0 Å². The van der Waals surface area contributed by atoms with E-state index in [0.29, 0.717) is 5.69 Å². The maximum Gasteiger partial charge on any atom is 0.335 e. The van der Waals surface area contributed by atoms with E-state index in [0.717, 1.165) is 13.2 Å². The molecule has 0 fully saturated rings. The Labute approximate surface area is 133 Å². The number of methoxy groups -OCH3 is 1. The molecule has 0 bridgehead atoms. The van der Waals surface area contributed by atoms with Crippen molar-refractivity contribution in [3.8, 4) is 6.07 Å². The molecule has 0 aromatic heterocycles. The molecular formula is C16H16N2O5. The van der Waals surface area contributed by atoms with E-state index in [4.69, 9.17) is 9.47 Å². The number of esters is 2. The molecule has 7 heteroatoms. The molecular weight excluding hydrogens is 300 g/mol. The summed E-state index contributed by atoms with van der Waals surface area (Å²) in [4.78, 5) is 23.7. The first-order chi connectivity index (χ1) is 11.1. The zero-order valence-electron chi connectivity index (χ0n) is 12.7. The molecule has 0 amide bonds. The Kier molecular flexibility index (Phi) is 4.98. The molecule has 1 N–H and O–H groups in total. The Morgan fingerprint density at radius 2 is 2.13 bits per heavy atom. The Bertz CT molecular complexity index is 665. The molecule has 0 radical (unpaired) electrons. The predicted molar refractivity (Wildman–Crippen MR) is 79.7 cm³/mol. The summed E-state index contributed by atoms with van der Waals surface area (Å²) >= 11 is 0. The number of cyclic esters (lactones) is 1. The zero-order chi connectivity index (χ0) is 16.9. The van der Waals surface area contributed by atoms with Gasteiger partial charge in [-0.15, -0.1) is 0 Å². The largest absolute Gasteiger partial charge is 0.468 e. The lowest BCUT2D eigenvalue weighted by Gasteiger charge is -2.33. The van der Waals surface area contributed by atoms with Crippen LogP contribution in [0.3, 0.4) is 0 Å². The van der Waals surface area contributed by atoms with Crippen molar-refractivity contribution in [3.63, 3.8) is 0 Å². The number of anilines is 1. The Morgan fingerprint density at radius 3 is 2.70 bits per heavy atom. The van der Waals surface area contributed by atoms with Gasteiger partial charge in [0.2, 0.25) is 5.92 Å². The quantitative estimate of drug-likeness (QED) is 0.796. The summed E-state index contributed by atoms with van der Waals surface area (Å²) in [5.74, 6) is -4.87. The Balaban J connectivity index is 2.44. The van der Waals surface area contributed by atoms with Gasteiger partial charge < -0.3 is 19.5 Å². The molecule has 2 rings (SSSR count). The summed E-state index contributed by atoms with van der Waals surface area (Å²) in [7, 11) is 1.15. The number of ether oxygens (including phenoxy) is 3. The van der Waals surface area contributed by atoms with Crippen molar-refractivity contribution in [2.75, 3.05) is 19.0 Å². The highest BCUT2D eigenvalue weighted by molar-refractivity contribution is 5.90. The van der Waals surface area contributed by atoms with Crippen LogP contribution in [0.4, 0.5) is 5.69 Å². The number of nitrogens with one attached hydrogen (secondary N) is 1. The summed E-state index contributed by atoms with van der Waals surface area (Å²) in [6.07, 6.45) is 1.16. The van der Waals surface area contributed by atoms with Gasteiger partial charge in [-0.3, -0.25) is 4.79 Å². The van der Waals surface area contributed by atoms with Crippen molar-refractivity contribution in [1.82, 2.24) is 0 Å². The number of nitrogens with zero attached hydrogens (tertiary/aromatic N) is 1. The maximum absolute atomic E-state index is 11.9. The van der Waals surface area contributed by atoms with Crippen molar-refractivity contribution < 1.29 is 23.8 Å². The van der Waals surface area contributed by atoms with Gasteiger partial charge in [-0.2, -0.15) is 5.26 Å². The van der Waals surface area contributed by atoms with E-state index in [9.17, 15) is 14.9 Å². The minimum atomic E-state index is -1.86. The second-order valence-corrected chi connectivity index (χ2v) is 4.66. The number of para-hydroxylation sites is 1. The lowest BCUT2D eigenvalue weighted by atomic mass is 9.96. The van der Waals surface area contributed by atoms with Crippen LogP contribution in [0.5, 0.6) is 0 Å². The summed E-state index contributed by atoms with van der Waals surface area (Å²) in [5.41, 5.74) is 0.829. The number of hydrogen-bond donors (Lipinski definition) is 1. The SMILES string of the molecule is CCO[C@]1([C@H](C#N)C(=O)OC)OC(=O)C=C1Nc1ccccc1. The van der Waals surface area contributed by atoms with Crippen LogP contribution in [0.25, 0.3) is 0 Å². The average Bonchev–Trinajstić information content (AvgIpc) is 2.85. The predicted octanol–water partition coefficient (Wildman–Crippen LogP) is 1.58. The second kappa shape index (κ2) is 6.94. The van der Waals surface area contributed by atoms with E-state index in [1.807, 2.05) is 6.07 Å². The third-order valence-corrected chi connectivity index (χ3v) is 3.25. The van der Waals surface area contributed by atoms with Gasteiger partial charge in [0.05, 0.1) is 18.9 Å². The lowest BCUT2D eigenvalue weighted by Crippen LogP contribution is -2.48. The van der Waals surface area contributed by atoms with Crippen LogP contribution in [0.15, 0.2) is 42.1 Å². The molecule has 7 nitrogen and oxygen atoms in total. The van der Waals surface area contributed by atoms with Gasteiger partial charge in [0.1, 0.15) is 0 Å². The third kappa shape index (κ3) is 3.17. The van der Waals surface area contributed by atoms with Crippen LogP contribution < -0.4 is 5.32 Å². The number of nitriles is 1. The molecule has 0 saturated heterocycles. The average molecular weight is 316 g/mol. The van der Waals surface area contributed by atoms with Gasteiger partial charge in [-0.1, -0.05) is 18.2 Å². The van der Waals surface area contributed by atoms with Gasteiger partial charge in [0.25, 0.3) is 5.79 Å². The maximum atomic E-state index is 11.9. The summed E-state index contributed by atoms with van der Waals surface area (Å²) in [6, 6.07) is 10.8. The van der Waals surface area contributed by atoms with E-state index in [-0.39, 0.29) is 12.3 Å². The molecule has 0 unspecified atom stereocenters. The van der Waals surface area contributed by atoms with E-state index in [1.165, 1.54) is 0 Å². The molecule has 23 heavy (non-hydrogen) atoms. The van der Waals surface area contributed by atoms with Crippen LogP contribution in [0.1, 0.15) is 6.92 Å². The number of carbonyl (C=O) groups is 2. The minimum Gasteiger partial charge on any atom is -0.468 e. The fourth-order valence-corrected chi connectivity index (χ4v) is 2.28. The van der Waals surface area contributed by atoms with E-state index < -0.39 is 23.6 Å². The molecule has 1 heterocycles. The van der Waals surface area contributed by atoms with Crippen molar-refractivity contribution in [1.29, 1.82) is 5.26 Å². The zero-order valence-corrected chi connectivity index (χ0v) is 12.7. The Hall–Kier alpha value is -2.85. The third-order valence-electron chi connectivity index (χ3n) is 3.25. The van der Waals surface area contributed by atoms with Crippen LogP contribution in [0, 0.1) is 17.2 Å². The van der Waals surface area contributed by atoms with Crippen LogP contribution in [0.2, 0.25) is 0 Å². The smallest absolute Gasteiger partial charge is 0.335 e. The Morgan fingerprint density at radius 1 is 1.43 bits per heavy atom. The minimum absolute atomic E-state index is 0.121. The molecule has 2 atom stereocenters.